The van der Waals surface area contributed by atoms with Crippen molar-refractivity contribution in [2.24, 2.45) is 0 Å². The van der Waals surface area contributed by atoms with E-state index in [0.717, 1.165) is 0 Å². The van der Waals surface area contributed by atoms with E-state index in [9.17, 15) is 0 Å². The Balaban J connectivity index is 2.43. The Morgan fingerprint density at radius 3 is 2.86 bits per heavy atom. The van der Waals surface area contributed by atoms with Gasteiger partial charge in [-0.25, -0.2) is 4.98 Å². The topological polar surface area (TPSA) is 74.6 Å². The van der Waals surface area contributed by atoms with E-state index in [1.54, 1.807) is 25.4 Å². The Kier molecular flexibility index (Phi) is 4.15. The van der Waals surface area contributed by atoms with Gasteiger partial charge in [0, 0.05) is 6.54 Å². The standard InChI is InChI=1S/C9H14N2O3/c1-14-8-2-3-9(11-5-8)10-4-7(13)6-12/h2-3,5,7,12-13H,4,6H2,1H3,(H,10,11). The van der Waals surface area contributed by atoms with Gasteiger partial charge < -0.3 is 20.3 Å². The number of nitrogens with zero attached hydrogens (tertiary/aromatic N) is 1. The summed E-state index contributed by atoms with van der Waals surface area (Å²) in [5, 5.41) is 20.5. The average molecular weight is 198 g/mol. The Labute approximate surface area is 82.4 Å². The van der Waals surface area contributed by atoms with Crippen molar-refractivity contribution >= 4 is 5.82 Å². The Morgan fingerprint density at radius 2 is 2.36 bits per heavy atom. The first-order chi connectivity index (χ1) is 6.76. The van der Waals surface area contributed by atoms with E-state index < -0.39 is 6.10 Å². The third kappa shape index (κ3) is 3.20. The summed E-state index contributed by atoms with van der Waals surface area (Å²) in [6, 6.07) is 3.50. The van der Waals surface area contributed by atoms with Crippen LogP contribution < -0.4 is 10.1 Å². The van der Waals surface area contributed by atoms with Crippen molar-refractivity contribution in [1.29, 1.82) is 0 Å². The summed E-state index contributed by atoms with van der Waals surface area (Å²) >= 11 is 0. The van der Waals surface area contributed by atoms with Gasteiger partial charge in [0.15, 0.2) is 0 Å². The molecule has 0 aliphatic heterocycles. The molecule has 14 heavy (non-hydrogen) atoms. The lowest BCUT2D eigenvalue weighted by atomic mass is 10.3. The Bertz CT molecular complexity index is 263. The van der Waals surface area contributed by atoms with Crippen LogP contribution in [0.5, 0.6) is 5.75 Å². The number of aliphatic hydroxyl groups excluding tert-OH is 2. The molecule has 1 aromatic rings. The molecular formula is C9H14N2O3. The normalized spacial score (nSPS) is 12.2. The zero-order valence-electron chi connectivity index (χ0n) is 7.97. The molecule has 0 saturated carbocycles. The summed E-state index contributed by atoms with van der Waals surface area (Å²) in [6.45, 7) is 0.0129. The molecule has 1 unspecified atom stereocenters. The molecule has 0 fully saturated rings. The Morgan fingerprint density at radius 1 is 1.57 bits per heavy atom. The van der Waals surface area contributed by atoms with Crippen molar-refractivity contribution < 1.29 is 14.9 Å². The summed E-state index contributed by atoms with van der Waals surface area (Å²) in [4.78, 5) is 4.03. The van der Waals surface area contributed by atoms with Crippen LogP contribution in [0.15, 0.2) is 18.3 Å². The first-order valence-corrected chi connectivity index (χ1v) is 4.29. The number of ether oxygens (including phenoxy) is 1. The molecule has 0 radical (unpaired) electrons. The largest absolute Gasteiger partial charge is 0.495 e. The highest BCUT2D eigenvalue weighted by Crippen LogP contribution is 2.10. The molecule has 1 atom stereocenters. The van der Waals surface area contributed by atoms with Gasteiger partial charge in [-0.3, -0.25) is 0 Å². The number of hydrogen-bond acceptors (Lipinski definition) is 5. The predicted octanol–water partition coefficient (Wildman–Crippen LogP) is -0.145. The van der Waals surface area contributed by atoms with Crippen LogP contribution in [0.2, 0.25) is 0 Å². The van der Waals surface area contributed by atoms with Gasteiger partial charge in [0.1, 0.15) is 11.6 Å². The van der Waals surface area contributed by atoms with Crippen LogP contribution in [0.3, 0.4) is 0 Å². The molecule has 0 aliphatic carbocycles. The van der Waals surface area contributed by atoms with Gasteiger partial charge in [-0.05, 0) is 12.1 Å². The van der Waals surface area contributed by atoms with Crippen LogP contribution in [0.25, 0.3) is 0 Å². The van der Waals surface area contributed by atoms with E-state index in [4.69, 9.17) is 14.9 Å². The van der Waals surface area contributed by atoms with Crippen LogP contribution in [-0.4, -0.2) is 41.6 Å². The SMILES string of the molecule is COc1ccc(NCC(O)CO)nc1. The van der Waals surface area contributed by atoms with E-state index in [1.165, 1.54) is 0 Å². The first-order valence-electron chi connectivity index (χ1n) is 4.29. The molecule has 3 N–H and O–H groups in total. The first kappa shape index (κ1) is 10.7. The number of aliphatic hydroxyl groups is 2. The smallest absolute Gasteiger partial charge is 0.137 e. The van der Waals surface area contributed by atoms with Gasteiger partial charge in [-0.1, -0.05) is 0 Å². The number of rotatable bonds is 5. The molecule has 78 valence electrons. The minimum Gasteiger partial charge on any atom is -0.495 e. The van der Waals surface area contributed by atoms with Crippen molar-refractivity contribution in [3.63, 3.8) is 0 Å². The van der Waals surface area contributed by atoms with E-state index in [2.05, 4.69) is 10.3 Å². The van der Waals surface area contributed by atoms with Crippen molar-refractivity contribution in [1.82, 2.24) is 4.98 Å². The maximum absolute atomic E-state index is 9.06. The number of aromatic nitrogens is 1. The van der Waals surface area contributed by atoms with Gasteiger partial charge in [0.05, 0.1) is 26.0 Å². The lowest BCUT2D eigenvalue weighted by Crippen LogP contribution is -2.23. The maximum Gasteiger partial charge on any atom is 0.137 e. The maximum atomic E-state index is 9.06. The minimum absolute atomic E-state index is 0.261. The molecule has 0 amide bonds. The number of methoxy groups -OCH3 is 1. The van der Waals surface area contributed by atoms with E-state index in [1.807, 2.05) is 0 Å². The second kappa shape index (κ2) is 5.41. The van der Waals surface area contributed by atoms with Gasteiger partial charge >= 0.3 is 0 Å². The lowest BCUT2D eigenvalue weighted by Gasteiger charge is -2.09. The summed E-state index contributed by atoms with van der Waals surface area (Å²) < 4.78 is 4.94. The molecule has 1 heterocycles. The second-order valence-electron chi connectivity index (χ2n) is 2.80. The van der Waals surface area contributed by atoms with E-state index >= 15 is 0 Å². The van der Waals surface area contributed by atoms with Gasteiger partial charge in [0.2, 0.25) is 0 Å². The fourth-order valence-electron chi connectivity index (χ4n) is 0.893. The van der Waals surface area contributed by atoms with Gasteiger partial charge in [-0.2, -0.15) is 0 Å². The molecule has 5 nitrogen and oxygen atoms in total. The third-order valence-electron chi connectivity index (χ3n) is 1.70. The predicted molar refractivity (Wildman–Crippen MR) is 52.4 cm³/mol. The molecule has 0 aromatic carbocycles. The molecule has 0 spiro atoms. The van der Waals surface area contributed by atoms with Crippen molar-refractivity contribution in [2.45, 2.75) is 6.10 Å². The van der Waals surface area contributed by atoms with Crippen molar-refractivity contribution in [2.75, 3.05) is 25.6 Å². The molecule has 0 bridgehead atoms. The second-order valence-corrected chi connectivity index (χ2v) is 2.80. The summed E-state index contributed by atoms with van der Waals surface area (Å²) in [7, 11) is 1.57. The molecule has 1 rings (SSSR count). The summed E-state index contributed by atoms with van der Waals surface area (Å²) in [6.07, 6.45) is 0.812. The van der Waals surface area contributed by atoms with Gasteiger partial charge in [0.25, 0.3) is 0 Å². The van der Waals surface area contributed by atoms with Gasteiger partial charge in [-0.15, -0.1) is 0 Å². The number of nitrogens with one attached hydrogen (secondary N) is 1. The summed E-state index contributed by atoms with van der Waals surface area (Å²) in [5.41, 5.74) is 0. The Hall–Kier alpha value is -1.33. The highest BCUT2D eigenvalue weighted by molar-refractivity contribution is 5.37. The van der Waals surface area contributed by atoms with Crippen LogP contribution in [0.4, 0.5) is 5.82 Å². The number of hydrogen-bond donors (Lipinski definition) is 3. The summed E-state index contributed by atoms with van der Waals surface area (Å²) in [5.74, 6) is 1.32. The van der Waals surface area contributed by atoms with Crippen LogP contribution >= 0.6 is 0 Å². The van der Waals surface area contributed by atoms with Crippen LogP contribution in [-0.2, 0) is 0 Å². The molecular weight excluding hydrogens is 184 g/mol. The fraction of sp³-hybridized carbons (Fsp3) is 0.444. The van der Waals surface area contributed by atoms with Crippen LogP contribution in [0.1, 0.15) is 0 Å². The molecule has 0 saturated heterocycles. The molecule has 1 aromatic heterocycles. The lowest BCUT2D eigenvalue weighted by molar-refractivity contribution is 0.105. The van der Waals surface area contributed by atoms with Crippen molar-refractivity contribution in [3.8, 4) is 5.75 Å². The van der Waals surface area contributed by atoms with E-state index in [0.29, 0.717) is 11.6 Å². The highest BCUT2D eigenvalue weighted by Gasteiger charge is 2.01. The van der Waals surface area contributed by atoms with Crippen molar-refractivity contribution in [3.05, 3.63) is 18.3 Å². The number of anilines is 1. The third-order valence-corrected chi connectivity index (χ3v) is 1.70. The van der Waals surface area contributed by atoms with Crippen LogP contribution in [0, 0.1) is 0 Å². The quantitative estimate of drug-likeness (QED) is 0.613. The monoisotopic (exact) mass is 198 g/mol. The zero-order valence-corrected chi connectivity index (χ0v) is 7.97. The zero-order chi connectivity index (χ0) is 10.4. The molecule has 5 heteroatoms. The average Bonchev–Trinajstić information content (AvgIpc) is 2.26. The molecule has 0 aliphatic rings. The highest BCUT2D eigenvalue weighted by atomic mass is 16.5. The fourth-order valence-corrected chi connectivity index (χ4v) is 0.893. The van der Waals surface area contributed by atoms with E-state index in [-0.39, 0.29) is 13.2 Å². The minimum atomic E-state index is -0.765. The number of pyridine rings is 1.